The normalized spacial score (nSPS) is 32.2. The van der Waals surface area contributed by atoms with Gasteiger partial charge in [-0.2, -0.15) is 0 Å². The lowest BCUT2D eigenvalue weighted by Gasteiger charge is -2.54. The minimum absolute atomic E-state index is 0.172. The van der Waals surface area contributed by atoms with Gasteiger partial charge in [0.05, 0.1) is 11.8 Å². The average molecular weight is 418 g/mol. The number of piperidine rings is 3. The minimum atomic E-state index is -1.05. The molecule has 31 heavy (non-hydrogen) atoms. The number of nitrogens with zero attached hydrogens (tertiary/aromatic N) is 3. The van der Waals surface area contributed by atoms with E-state index < -0.39 is 5.60 Å². The number of terminal acetylenes is 1. The van der Waals surface area contributed by atoms with E-state index in [1.54, 1.807) is 7.11 Å². The molecular formula is C26H31N3O2. The summed E-state index contributed by atoms with van der Waals surface area (Å²) in [5, 5.41) is 12.1. The summed E-state index contributed by atoms with van der Waals surface area (Å²) >= 11 is 0. The Hall–Kier alpha value is -2.39. The van der Waals surface area contributed by atoms with Crippen LogP contribution < -0.4 is 4.90 Å². The first-order chi connectivity index (χ1) is 15.1. The van der Waals surface area contributed by atoms with E-state index in [1.807, 2.05) is 6.07 Å². The lowest BCUT2D eigenvalue weighted by Crippen LogP contribution is -2.63. The quantitative estimate of drug-likeness (QED) is 0.758. The van der Waals surface area contributed by atoms with Crippen LogP contribution in [-0.4, -0.2) is 60.4 Å². The van der Waals surface area contributed by atoms with Crippen molar-refractivity contribution < 1.29 is 9.84 Å². The Kier molecular flexibility index (Phi) is 5.47. The molecule has 0 aliphatic carbocycles. The maximum atomic E-state index is 12.1. The summed E-state index contributed by atoms with van der Waals surface area (Å²) in [5.74, 6) is 4.05. The third-order valence-corrected chi connectivity index (χ3v) is 7.50. The molecule has 5 heterocycles. The summed E-state index contributed by atoms with van der Waals surface area (Å²) < 4.78 is 5.55. The van der Waals surface area contributed by atoms with Gasteiger partial charge in [0.1, 0.15) is 17.5 Å². The number of aliphatic hydroxyl groups is 1. The second kappa shape index (κ2) is 8.27. The van der Waals surface area contributed by atoms with Crippen molar-refractivity contribution in [1.29, 1.82) is 0 Å². The maximum Gasteiger partial charge on any atom is 0.128 e. The molecule has 1 aromatic heterocycles. The Labute approximate surface area is 185 Å². The largest absolute Gasteiger partial charge is 0.382 e. The molecule has 2 bridgehead atoms. The third kappa shape index (κ3) is 3.53. The number of hydrogen-bond donors (Lipinski definition) is 1. The van der Waals surface area contributed by atoms with Crippen LogP contribution in [0.2, 0.25) is 0 Å². The van der Waals surface area contributed by atoms with Gasteiger partial charge >= 0.3 is 0 Å². The Morgan fingerprint density at radius 2 is 1.90 bits per heavy atom. The van der Waals surface area contributed by atoms with Gasteiger partial charge in [0.25, 0.3) is 0 Å². The summed E-state index contributed by atoms with van der Waals surface area (Å²) in [6.45, 7) is 3.71. The predicted octanol–water partition coefficient (Wildman–Crippen LogP) is 2.81. The lowest BCUT2D eigenvalue weighted by atomic mass is 9.66. The molecule has 0 amide bonds. The van der Waals surface area contributed by atoms with E-state index in [0.717, 1.165) is 62.5 Å². The van der Waals surface area contributed by atoms with Crippen molar-refractivity contribution in [3.05, 3.63) is 59.3 Å². The third-order valence-electron chi connectivity index (χ3n) is 7.50. The number of hydrogen-bond acceptors (Lipinski definition) is 5. The van der Waals surface area contributed by atoms with E-state index in [4.69, 9.17) is 16.1 Å². The molecule has 2 aromatic rings. The molecule has 4 aliphatic heterocycles. The molecule has 1 unspecified atom stereocenters. The molecule has 5 heteroatoms. The predicted molar refractivity (Wildman–Crippen MR) is 122 cm³/mol. The molecule has 5 nitrogen and oxygen atoms in total. The van der Waals surface area contributed by atoms with E-state index in [1.165, 1.54) is 5.56 Å². The van der Waals surface area contributed by atoms with E-state index in [2.05, 4.69) is 52.1 Å². The summed E-state index contributed by atoms with van der Waals surface area (Å²) in [4.78, 5) is 9.67. The van der Waals surface area contributed by atoms with E-state index in [-0.39, 0.29) is 18.1 Å². The zero-order valence-corrected chi connectivity index (χ0v) is 18.2. The molecule has 4 fully saturated rings. The van der Waals surface area contributed by atoms with Gasteiger partial charge < -0.3 is 14.7 Å². The lowest BCUT2D eigenvalue weighted by molar-refractivity contribution is -0.143. The van der Waals surface area contributed by atoms with Gasteiger partial charge in [-0.3, -0.25) is 4.90 Å². The molecule has 1 N–H and O–H groups in total. The molecule has 4 aliphatic rings. The first kappa shape index (κ1) is 20.5. The van der Waals surface area contributed by atoms with Crippen LogP contribution in [0.1, 0.15) is 36.1 Å². The molecule has 0 spiro atoms. The van der Waals surface area contributed by atoms with Gasteiger partial charge in [-0.25, -0.2) is 4.98 Å². The summed E-state index contributed by atoms with van der Waals surface area (Å²) in [6.07, 6.45) is 9.85. The van der Waals surface area contributed by atoms with Crippen LogP contribution in [0.3, 0.4) is 0 Å². The van der Waals surface area contributed by atoms with Gasteiger partial charge in [0, 0.05) is 32.2 Å². The second-order valence-corrected chi connectivity index (χ2v) is 9.12. The van der Waals surface area contributed by atoms with Crippen molar-refractivity contribution in [2.24, 2.45) is 5.92 Å². The molecule has 162 valence electrons. The zero-order valence-electron chi connectivity index (χ0n) is 18.2. The van der Waals surface area contributed by atoms with Gasteiger partial charge in [0.2, 0.25) is 0 Å². The highest BCUT2D eigenvalue weighted by molar-refractivity contribution is 5.47. The number of anilines is 1. The Morgan fingerprint density at radius 3 is 2.58 bits per heavy atom. The molecule has 4 saturated heterocycles. The molecule has 6 rings (SSSR count). The van der Waals surface area contributed by atoms with Crippen molar-refractivity contribution in [3.63, 3.8) is 0 Å². The smallest absolute Gasteiger partial charge is 0.128 e. The summed E-state index contributed by atoms with van der Waals surface area (Å²) in [7, 11) is 1.77. The highest BCUT2D eigenvalue weighted by Crippen LogP contribution is 2.48. The molecule has 1 aromatic carbocycles. The fraction of sp³-hybridized carbons (Fsp3) is 0.500. The summed E-state index contributed by atoms with van der Waals surface area (Å²) in [5.41, 5.74) is 1.97. The molecular weight excluding hydrogens is 386 g/mol. The topological polar surface area (TPSA) is 48.8 Å². The van der Waals surface area contributed by atoms with Crippen molar-refractivity contribution >= 4 is 5.82 Å². The number of pyridine rings is 1. The molecule has 0 saturated carbocycles. The van der Waals surface area contributed by atoms with Crippen molar-refractivity contribution in [2.75, 3.05) is 38.2 Å². The number of rotatable bonds is 5. The number of ether oxygens (including phenoxy) is 1. The number of aromatic nitrogens is 1. The Morgan fingerprint density at radius 1 is 1.13 bits per heavy atom. The standard InChI is InChI=1S/C26H31N3O2/c1-3-24-26(30,20-11-14-28(24)15-12-20)22-9-10-25(29-16-13-21(18-29)31-2)27-23(22)17-19-7-5-4-6-8-19/h1,4-10,20-21,24,30H,11-18H2,2H3/t21-,24?,26+/m0/s1. The van der Waals surface area contributed by atoms with E-state index >= 15 is 0 Å². The van der Waals surface area contributed by atoms with Crippen molar-refractivity contribution in [1.82, 2.24) is 9.88 Å². The average Bonchev–Trinajstić information content (AvgIpc) is 3.30. The van der Waals surface area contributed by atoms with Gasteiger partial charge in [0.15, 0.2) is 0 Å². The fourth-order valence-corrected chi connectivity index (χ4v) is 5.78. The van der Waals surface area contributed by atoms with Crippen molar-refractivity contribution in [3.8, 4) is 12.3 Å². The highest BCUT2D eigenvalue weighted by atomic mass is 16.5. The number of fused-ring (bicyclic) bond motifs is 3. The number of methoxy groups -OCH3 is 1. The van der Waals surface area contributed by atoms with Crippen LogP contribution >= 0.6 is 0 Å². The molecule has 0 radical (unpaired) electrons. The van der Waals surface area contributed by atoms with Gasteiger partial charge in [-0.1, -0.05) is 42.3 Å². The van der Waals surface area contributed by atoms with E-state index in [0.29, 0.717) is 6.42 Å². The first-order valence-electron chi connectivity index (χ1n) is 11.4. The highest BCUT2D eigenvalue weighted by Gasteiger charge is 2.54. The Bertz CT molecular complexity index is 964. The Balaban J connectivity index is 1.57. The van der Waals surface area contributed by atoms with Crippen LogP contribution in [0.25, 0.3) is 0 Å². The minimum Gasteiger partial charge on any atom is -0.382 e. The van der Waals surface area contributed by atoms with Crippen LogP contribution in [0.5, 0.6) is 0 Å². The molecule has 3 atom stereocenters. The zero-order chi connectivity index (χ0) is 21.4. The fourth-order valence-electron chi connectivity index (χ4n) is 5.78. The van der Waals surface area contributed by atoms with Crippen LogP contribution in [0, 0.1) is 18.3 Å². The van der Waals surface area contributed by atoms with E-state index in [9.17, 15) is 5.11 Å². The number of benzene rings is 1. The SMILES string of the molecule is C#CC1N2CCC(CC2)[C@@]1(O)c1ccc(N2CC[C@H](OC)C2)nc1Cc1ccccc1. The summed E-state index contributed by atoms with van der Waals surface area (Å²) in [6, 6.07) is 14.2. The van der Waals surface area contributed by atoms with Crippen LogP contribution in [-0.2, 0) is 16.8 Å². The second-order valence-electron chi connectivity index (χ2n) is 9.12. The van der Waals surface area contributed by atoms with Crippen LogP contribution in [0.15, 0.2) is 42.5 Å². The van der Waals surface area contributed by atoms with Crippen molar-refractivity contribution in [2.45, 2.75) is 43.4 Å². The maximum absolute atomic E-state index is 12.1. The van der Waals surface area contributed by atoms with Gasteiger partial charge in [-0.15, -0.1) is 6.42 Å². The van der Waals surface area contributed by atoms with Crippen LogP contribution in [0.4, 0.5) is 5.82 Å². The first-order valence-corrected chi connectivity index (χ1v) is 11.4. The monoisotopic (exact) mass is 417 g/mol. The van der Waals surface area contributed by atoms with Gasteiger partial charge in [-0.05, 0) is 49.9 Å².